The summed E-state index contributed by atoms with van der Waals surface area (Å²) in [5.74, 6) is 0. The van der Waals surface area contributed by atoms with Crippen LogP contribution in [0.3, 0.4) is 0 Å². The molecule has 0 aliphatic carbocycles. The van der Waals surface area contributed by atoms with Gasteiger partial charge in [-0.25, -0.2) is 0 Å². The van der Waals surface area contributed by atoms with Crippen LogP contribution in [0, 0.1) is 0 Å². The standard InChI is InChI=1S/C24H25N/c1-20(19-21-11-5-2-6-12-21)25-18-17-24(22-13-7-3-8-14-22)23-15-9-4-10-16-23/h2-17,20,25H,18-19H2,1H3. The molecule has 0 bridgehead atoms. The fourth-order valence-corrected chi connectivity index (χ4v) is 3.04. The Bertz CT molecular complexity index is 735. The third kappa shape index (κ3) is 5.17. The molecule has 0 aliphatic rings. The summed E-state index contributed by atoms with van der Waals surface area (Å²) in [6.45, 7) is 3.10. The molecule has 1 unspecified atom stereocenters. The molecule has 1 N–H and O–H groups in total. The second-order valence-corrected chi connectivity index (χ2v) is 6.35. The van der Waals surface area contributed by atoms with Gasteiger partial charge in [-0.05, 0) is 35.6 Å². The van der Waals surface area contributed by atoms with Crippen LogP contribution >= 0.6 is 0 Å². The van der Waals surface area contributed by atoms with Gasteiger partial charge >= 0.3 is 0 Å². The molecule has 0 radical (unpaired) electrons. The zero-order chi connectivity index (χ0) is 17.3. The molecule has 1 nitrogen and oxygen atoms in total. The largest absolute Gasteiger partial charge is 0.310 e. The Morgan fingerprint density at radius 3 is 1.76 bits per heavy atom. The van der Waals surface area contributed by atoms with E-state index in [2.05, 4.69) is 109 Å². The molecule has 25 heavy (non-hydrogen) atoms. The van der Waals surface area contributed by atoms with Gasteiger partial charge in [0, 0.05) is 12.6 Å². The number of nitrogens with one attached hydrogen (secondary N) is 1. The molecule has 0 saturated heterocycles. The van der Waals surface area contributed by atoms with Gasteiger partial charge in [0.15, 0.2) is 0 Å². The van der Waals surface area contributed by atoms with Gasteiger partial charge in [-0.3, -0.25) is 0 Å². The van der Waals surface area contributed by atoms with Crippen LogP contribution in [0.25, 0.3) is 5.57 Å². The SMILES string of the molecule is CC(Cc1ccccc1)NCC=C(c1ccccc1)c1ccccc1. The van der Waals surface area contributed by atoms with Crippen molar-refractivity contribution in [1.29, 1.82) is 0 Å². The van der Waals surface area contributed by atoms with E-state index < -0.39 is 0 Å². The van der Waals surface area contributed by atoms with Crippen LogP contribution in [0.2, 0.25) is 0 Å². The van der Waals surface area contributed by atoms with E-state index in [0.717, 1.165) is 13.0 Å². The highest BCUT2D eigenvalue weighted by Crippen LogP contribution is 2.22. The molecule has 126 valence electrons. The zero-order valence-electron chi connectivity index (χ0n) is 14.7. The molecule has 1 heteroatoms. The smallest absolute Gasteiger partial charge is 0.0146 e. The highest BCUT2D eigenvalue weighted by atomic mass is 14.9. The Morgan fingerprint density at radius 2 is 1.24 bits per heavy atom. The van der Waals surface area contributed by atoms with Crippen molar-refractivity contribution in [3.05, 3.63) is 114 Å². The molecule has 3 aromatic rings. The second kappa shape index (κ2) is 9.00. The number of benzene rings is 3. The predicted octanol–water partition coefficient (Wildman–Crippen LogP) is 5.34. The summed E-state index contributed by atoms with van der Waals surface area (Å²) in [6, 6.07) is 32.3. The Kier molecular flexibility index (Phi) is 6.19. The molecule has 0 aromatic heterocycles. The van der Waals surface area contributed by atoms with Crippen molar-refractivity contribution in [2.24, 2.45) is 0 Å². The van der Waals surface area contributed by atoms with Gasteiger partial charge in [-0.15, -0.1) is 0 Å². The fraction of sp³-hybridized carbons (Fsp3) is 0.167. The summed E-state index contributed by atoms with van der Waals surface area (Å²) in [4.78, 5) is 0. The van der Waals surface area contributed by atoms with Crippen molar-refractivity contribution in [2.45, 2.75) is 19.4 Å². The van der Waals surface area contributed by atoms with E-state index in [9.17, 15) is 0 Å². The van der Waals surface area contributed by atoms with E-state index in [4.69, 9.17) is 0 Å². The molecular weight excluding hydrogens is 302 g/mol. The minimum absolute atomic E-state index is 0.437. The highest BCUT2D eigenvalue weighted by molar-refractivity contribution is 5.79. The van der Waals surface area contributed by atoms with Crippen LogP contribution in [0.4, 0.5) is 0 Å². The molecule has 0 aliphatic heterocycles. The highest BCUT2D eigenvalue weighted by Gasteiger charge is 2.05. The fourth-order valence-electron chi connectivity index (χ4n) is 3.04. The second-order valence-electron chi connectivity index (χ2n) is 6.35. The van der Waals surface area contributed by atoms with Crippen molar-refractivity contribution in [3.8, 4) is 0 Å². The predicted molar refractivity (Wildman–Crippen MR) is 108 cm³/mol. The van der Waals surface area contributed by atoms with Crippen molar-refractivity contribution in [1.82, 2.24) is 5.32 Å². The Labute approximate surface area is 151 Å². The van der Waals surface area contributed by atoms with E-state index in [0.29, 0.717) is 6.04 Å². The lowest BCUT2D eigenvalue weighted by molar-refractivity contribution is 0.581. The van der Waals surface area contributed by atoms with Crippen LogP contribution in [0.5, 0.6) is 0 Å². The maximum atomic E-state index is 3.62. The normalized spacial score (nSPS) is 11.7. The molecule has 0 fully saturated rings. The third-order valence-corrected chi connectivity index (χ3v) is 4.33. The van der Waals surface area contributed by atoms with Crippen LogP contribution in [0.1, 0.15) is 23.6 Å². The molecule has 0 saturated carbocycles. The lowest BCUT2D eigenvalue weighted by Crippen LogP contribution is -2.28. The third-order valence-electron chi connectivity index (χ3n) is 4.33. The van der Waals surface area contributed by atoms with Gasteiger partial charge in [0.25, 0.3) is 0 Å². The molecule has 1 atom stereocenters. The van der Waals surface area contributed by atoms with Crippen LogP contribution < -0.4 is 5.32 Å². The summed E-state index contributed by atoms with van der Waals surface area (Å²) < 4.78 is 0. The molecular formula is C24H25N. The van der Waals surface area contributed by atoms with Gasteiger partial charge in [0.1, 0.15) is 0 Å². The first kappa shape index (κ1) is 17.2. The summed E-state index contributed by atoms with van der Waals surface area (Å²) in [5.41, 5.74) is 5.16. The molecule has 0 spiro atoms. The van der Waals surface area contributed by atoms with Crippen molar-refractivity contribution < 1.29 is 0 Å². The Morgan fingerprint density at radius 1 is 0.760 bits per heavy atom. The van der Waals surface area contributed by atoms with Gasteiger partial charge in [-0.2, -0.15) is 0 Å². The van der Waals surface area contributed by atoms with Gasteiger partial charge < -0.3 is 5.32 Å². The number of rotatable bonds is 7. The van der Waals surface area contributed by atoms with Gasteiger partial charge in [0.05, 0.1) is 0 Å². The van der Waals surface area contributed by atoms with E-state index in [1.54, 1.807) is 0 Å². The quantitative estimate of drug-likeness (QED) is 0.618. The number of hydrogen-bond donors (Lipinski definition) is 1. The zero-order valence-corrected chi connectivity index (χ0v) is 14.7. The van der Waals surface area contributed by atoms with Crippen molar-refractivity contribution in [2.75, 3.05) is 6.54 Å². The Hall–Kier alpha value is -2.64. The average molecular weight is 327 g/mol. The molecule has 3 aromatic carbocycles. The van der Waals surface area contributed by atoms with E-state index in [1.807, 2.05) is 0 Å². The maximum absolute atomic E-state index is 3.62. The first-order chi connectivity index (χ1) is 12.3. The number of hydrogen-bond acceptors (Lipinski definition) is 1. The van der Waals surface area contributed by atoms with Crippen LogP contribution in [0.15, 0.2) is 97.1 Å². The maximum Gasteiger partial charge on any atom is 0.0146 e. The summed E-state index contributed by atoms with van der Waals surface area (Å²) in [5, 5.41) is 3.62. The minimum Gasteiger partial charge on any atom is -0.310 e. The molecule has 0 heterocycles. The van der Waals surface area contributed by atoms with Gasteiger partial charge in [-0.1, -0.05) is 97.1 Å². The van der Waals surface area contributed by atoms with Crippen LogP contribution in [-0.4, -0.2) is 12.6 Å². The summed E-state index contributed by atoms with van der Waals surface area (Å²) in [6.07, 6.45) is 3.34. The topological polar surface area (TPSA) is 12.0 Å². The first-order valence-corrected chi connectivity index (χ1v) is 8.91. The van der Waals surface area contributed by atoms with Crippen molar-refractivity contribution in [3.63, 3.8) is 0 Å². The Balaban J connectivity index is 1.69. The summed E-state index contributed by atoms with van der Waals surface area (Å²) >= 11 is 0. The summed E-state index contributed by atoms with van der Waals surface area (Å²) in [7, 11) is 0. The van der Waals surface area contributed by atoms with Gasteiger partial charge in [0.2, 0.25) is 0 Å². The van der Waals surface area contributed by atoms with E-state index in [1.165, 1.54) is 22.3 Å². The monoisotopic (exact) mass is 327 g/mol. The lowest BCUT2D eigenvalue weighted by Gasteiger charge is -2.14. The molecule has 3 rings (SSSR count). The lowest BCUT2D eigenvalue weighted by atomic mass is 9.97. The van der Waals surface area contributed by atoms with E-state index in [-0.39, 0.29) is 0 Å². The average Bonchev–Trinajstić information content (AvgIpc) is 2.67. The first-order valence-electron chi connectivity index (χ1n) is 8.91. The van der Waals surface area contributed by atoms with E-state index >= 15 is 0 Å². The molecule has 0 amide bonds. The van der Waals surface area contributed by atoms with Crippen LogP contribution in [-0.2, 0) is 6.42 Å². The van der Waals surface area contributed by atoms with Crippen molar-refractivity contribution >= 4 is 5.57 Å². The minimum atomic E-state index is 0.437.